The minimum absolute atomic E-state index is 0. The molecule has 0 fully saturated rings. The zero-order valence-electron chi connectivity index (χ0n) is 3.47. The van der Waals surface area contributed by atoms with E-state index in [1.807, 2.05) is 0 Å². The third kappa shape index (κ3) is 9.43. The van der Waals surface area contributed by atoms with Crippen LogP contribution in [-0.2, 0) is 14.6 Å². The molecule has 8 heavy (non-hydrogen) atoms. The third-order valence-electron chi connectivity index (χ3n) is 0.143. The molecule has 45 valence electrons. The summed E-state index contributed by atoms with van der Waals surface area (Å²) in [4.78, 5) is 0. The van der Waals surface area contributed by atoms with Crippen molar-refractivity contribution in [2.45, 2.75) is 0 Å². The standard InChI is InChI=1S/CHNO4S.Bi/c2-1-6-7(3,4)5;/h(H,3,4,5);. The Morgan fingerprint density at radius 2 is 2.00 bits per heavy atom. The molecule has 0 aromatic rings. The maximum Gasteiger partial charge on any atom is 0.456 e. The van der Waals surface area contributed by atoms with E-state index in [-0.39, 0.29) is 26.2 Å². The first-order valence-corrected chi connectivity index (χ1v) is 2.48. The Kier molecular flexibility index (Phi) is 5.50. The molecule has 0 aliphatic rings. The summed E-state index contributed by atoms with van der Waals surface area (Å²) in [5.41, 5.74) is 0. The van der Waals surface area contributed by atoms with E-state index in [2.05, 4.69) is 4.18 Å². The molecule has 1 N–H and O–H groups in total. The zero-order chi connectivity index (χ0) is 5.91. The van der Waals surface area contributed by atoms with E-state index < -0.39 is 10.4 Å². The molecular formula is CHBiNO4S. The van der Waals surface area contributed by atoms with E-state index in [9.17, 15) is 8.42 Å². The molecule has 3 radical (unpaired) electrons. The van der Waals surface area contributed by atoms with Crippen molar-refractivity contribution in [1.29, 1.82) is 5.26 Å². The van der Waals surface area contributed by atoms with E-state index in [0.717, 1.165) is 6.26 Å². The topological polar surface area (TPSA) is 87.4 Å². The number of hydrogen-bond acceptors (Lipinski definition) is 4. The van der Waals surface area contributed by atoms with Crippen LogP contribution in [0.5, 0.6) is 0 Å². The first kappa shape index (κ1) is 11.0. The van der Waals surface area contributed by atoms with Crippen molar-refractivity contribution in [3.8, 4) is 6.26 Å². The second-order valence-electron chi connectivity index (χ2n) is 0.602. The molecule has 0 spiro atoms. The smallest absolute Gasteiger partial charge is 0.281 e. The van der Waals surface area contributed by atoms with Crippen molar-refractivity contribution in [3.05, 3.63) is 0 Å². The van der Waals surface area contributed by atoms with E-state index in [0.29, 0.717) is 0 Å². The molecule has 0 atom stereocenters. The van der Waals surface area contributed by atoms with Crippen molar-refractivity contribution in [2.75, 3.05) is 0 Å². The molecular weight excluding hydrogens is 331 g/mol. The van der Waals surface area contributed by atoms with Gasteiger partial charge in [-0.3, -0.25) is 8.74 Å². The van der Waals surface area contributed by atoms with Gasteiger partial charge in [-0.1, -0.05) is 0 Å². The summed E-state index contributed by atoms with van der Waals surface area (Å²) in [7, 11) is -4.54. The Balaban J connectivity index is 0. The molecule has 0 aliphatic carbocycles. The molecule has 0 aliphatic heterocycles. The van der Waals surface area contributed by atoms with Gasteiger partial charge in [-0.05, 0) is 0 Å². The third-order valence-corrected chi connectivity index (χ3v) is 0.428. The van der Waals surface area contributed by atoms with Crippen LogP contribution in [0.15, 0.2) is 0 Å². The molecule has 0 bridgehead atoms. The van der Waals surface area contributed by atoms with Gasteiger partial charge in [0.2, 0.25) is 0 Å². The van der Waals surface area contributed by atoms with Crippen LogP contribution in [0.2, 0.25) is 0 Å². The largest absolute Gasteiger partial charge is 0.456 e. The van der Waals surface area contributed by atoms with Crippen molar-refractivity contribution < 1.29 is 17.2 Å². The molecule has 7 heteroatoms. The summed E-state index contributed by atoms with van der Waals surface area (Å²) in [6.45, 7) is 0. The fourth-order valence-corrected chi connectivity index (χ4v) is 0.141. The van der Waals surface area contributed by atoms with Gasteiger partial charge in [-0.15, -0.1) is 5.26 Å². The van der Waals surface area contributed by atoms with Crippen LogP contribution in [0.4, 0.5) is 0 Å². The summed E-state index contributed by atoms with van der Waals surface area (Å²) < 4.78 is 29.3. The van der Waals surface area contributed by atoms with Crippen LogP contribution in [0.3, 0.4) is 0 Å². The maximum absolute atomic E-state index is 9.34. The van der Waals surface area contributed by atoms with Gasteiger partial charge < -0.3 is 0 Å². The SMILES string of the molecule is N#COS(=O)(=O)O.[Bi]. The molecule has 0 amide bonds. The van der Waals surface area contributed by atoms with Gasteiger partial charge in [0, 0.05) is 26.2 Å². The Labute approximate surface area is 65.3 Å². The van der Waals surface area contributed by atoms with Gasteiger partial charge in [0.05, 0.1) is 0 Å². The van der Waals surface area contributed by atoms with E-state index in [1.165, 1.54) is 0 Å². The van der Waals surface area contributed by atoms with Crippen molar-refractivity contribution >= 4 is 36.6 Å². The Morgan fingerprint density at radius 1 is 1.62 bits per heavy atom. The predicted molar refractivity (Wildman–Crippen MR) is 24.0 cm³/mol. The van der Waals surface area contributed by atoms with Crippen LogP contribution in [0.1, 0.15) is 0 Å². The first-order valence-electron chi connectivity index (χ1n) is 1.11. The number of hydrogen-bond donors (Lipinski definition) is 1. The minimum atomic E-state index is -4.54. The fraction of sp³-hybridized carbons (Fsp3) is 0. The quantitative estimate of drug-likeness (QED) is 0.374. The van der Waals surface area contributed by atoms with Crippen LogP contribution in [0, 0.1) is 11.5 Å². The van der Waals surface area contributed by atoms with Crippen molar-refractivity contribution in [3.63, 3.8) is 0 Å². The summed E-state index contributed by atoms with van der Waals surface area (Å²) in [6.07, 6.45) is 0.770. The van der Waals surface area contributed by atoms with Crippen LogP contribution < -0.4 is 0 Å². The zero-order valence-corrected chi connectivity index (χ0v) is 7.77. The van der Waals surface area contributed by atoms with Gasteiger partial charge >= 0.3 is 16.7 Å². The van der Waals surface area contributed by atoms with Gasteiger partial charge in [0.15, 0.2) is 0 Å². The summed E-state index contributed by atoms with van der Waals surface area (Å²) >= 11 is 0. The Bertz CT molecular complexity index is 177. The summed E-state index contributed by atoms with van der Waals surface area (Å²) in [5, 5.41) is 7.39. The molecule has 0 aromatic carbocycles. The minimum Gasteiger partial charge on any atom is -0.281 e. The molecule has 0 rings (SSSR count). The number of nitrogens with zero attached hydrogens (tertiary/aromatic N) is 1. The molecule has 0 saturated heterocycles. The number of nitriles is 1. The van der Waals surface area contributed by atoms with E-state index in [4.69, 9.17) is 9.81 Å². The average Bonchev–Trinajstić information content (AvgIpc) is 1.30. The Hall–Kier alpha value is 0.0831. The van der Waals surface area contributed by atoms with Crippen molar-refractivity contribution in [2.24, 2.45) is 0 Å². The molecule has 5 nitrogen and oxygen atoms in total. The first-order chi connectivity index (χ1) is 3.06. The second-order valence-corrected chi connectivity index (χ2v) is 1.62. The van der Waals surface area contributed by atoms with Crippen molar-refractivity contribution in [1.82, 2.24) is 0 Å². The molecule has 0 unspecified atom stereocenters. The normalized spacial score (nSPS) is 8.50. The molecule has 0 heterocycles. The predicted octanol–water partition coefficient (Wildman–Crippen LogP) is -1.09. The van der Waals surface area contributed by atoms with Gasteiger partial charge in [0.25, 0.3) is 0 Å². The van der Waals surface area contributed by atoms with E-state index in [1.54, 1.807) is 0 Å². The van der Waals surface area contributed by atoms with Gasteiger partial charge in [0.1, 0.15) is 0 Å². The maximum atomic E-state index is 9.34. The van der Waals surface area contributed by atoms with Crippen LogP contribution in [0.25, 0.3) is 0 Å². The molecule has 0 saturated carbocycles. The summed E-state index contributed by atoms with van der Waals surface area (Å²) in [6, 6.07) is 0. The summed E-state index contributed by atoms with van der Waals surface area (Å²) in [5.74, 6) is 0. The van der Waals surface area contributed by atoms with Gasteiger partial charge in [-0.25, -0.2) is 0 Å². The monoisotopic (exact) mass is 332 g/mol. The second kappa shape index (κ2) is 4.01. The van der Waals surface area contributed by atoms with Crippen LogP contribution >= 0.6 is 0 Å². The fourth-order valence-electron chi connectivity index (χ4n) is 0.0471. The van der Waals surface area contributed by atoms with E-state index >= 15 is 0 Å². The van der Waals surface area contributed by atoms with Gasteiger partial charge in [-0.2, -0.15) is 8.42 Å². The number of rotatable bonds is 1. The van der Waals surface area contributed by atoms with Crippen LogP contribution in [-0.4, -0.2) is 39.2 Å². The average molecular weight is 332 g/mol. The Morgan fingerprint density at radius 3 is 2.00 bits per heavy atom. The molecule has 0 aromatic heterocycles.